The predicted molar refractivity (Wildman–Crippen MR) is 105 cm³/mol. The number of para-hydroxylation sites is 1. The number of hydrogen-bond acceptors (Lipinski definition) is 6. The van der Waals surface area contributed by atoms with Crippen LogP contribution in [0.15, 0.2) is 48.7 Å². The van der Waals surface area contributed by atoms with Crippen molar-refractivity contribution in [1.82, 2.24) is 15.0 Å². The number of rotatable bonds is 5. The third-order valence-corrected chi connectivity index (χ3v) is 5.27. The third kappa shape index (κ3) is 3.00. The number of benzene rings is 2. The van der Waals surface area contributed by atoms with Gasteiger partial charge in [0.25, 0.3) is 23.4 Å². The van der Waals surface area contributed by atoms with Crippen molar-refractivity contribution in [3.8, 4) is 0 Å². The van der Waals surface area contributed by atoms with Gasteiger partial charge < -0.3 is 4.90 Å². The molecule has 0 saturated heterocycles. The van der Waals surface area contributed by atoms with Crippen LogP contribution < -0.4 is 9.80 Å². The summed E-state index contributed by atoms with van der Waals surface area (Å²) in [4.78, 5) is 51.3. The van der Waals surface area contributed by atoms with Gasteiger partial charge in [0.05, 0.1) is 41.8 Å². The lowest BCUT2D eigenvalue weighted by molar-refractivity contribution is -0.115. The van der Waals surface area contributed by atoms with Crippen molar-refractivity contribution >= 4 is 34.8 Å². The molecule has 2 aliphatic rings. The highest BCUT2D eigenvalue weighted by molar-refractivity contribution is 6.52. The molecule has 154 valence electrons. The highest BCUT2D eigenvalue weighted by atomic mass is 19.1. The van der Waals surface area contributed by atoms with Crippen molar-refractivity contribution in [3.05, 3.63) is 71.3 Å². The molecule has 0 aliphatic carbocycles. The van der Waals surface area contributed by atoms with Crippen molar-refractivity contribution in [2.24, 2.45) is 0 Å². The largest absolute Gasteiger partial charge is 0.303 e. The Bertz CT molecular complexity index is 1280. The van der Waals surface area contributed by atoms with Crippen molar-refractivity contribution in [2.75, 3.05) is 16.3 Å². The Morgan fingerprint density at radius 1 is 0.806 bits per heavy atom. The first kappa shape index (κ1) is 18.8. The minimum Gasteiger partial charge on any atom is -0.303 e. The fourth-order valence-corrected chi connectivity index (χ4v) is 3.78. The first-order chi connectivity index (χ1) is 14.9. The summed E-state index contributed by atoms with van der Waals surface area (Å²) in [6.07, 6.45) is 1.60. The Morgan fingerprint density at radius 2 is 1.52 bits per heavy atom. The summed E-state index contributed by atoms with van der Waals surface area (Å²) in [5, 5.41) is 8.03. The number of amides is 2. The highest BCUT2D eigenvalue weighted by Crippen LogP contribution is 2.30. The Labute approximate surface area is 174 Å². The molecule has 0 saturated carbocycles. The van der Waals surface area contributed by atoms with Gasteiger partial charge in [-0.1, -0.05) is 17.3 Å². The van der Waals surface area contributed by atoms with Crippen LogP contribution in [0, 0.1) is 5.82 Å². The van der Waals surface area contributed by atoms with Gasteiger partial charge in [0.2, 0.25) is 0 Å². The van der Waals surface area contributed by atoms with Crippen LogP contribution >= 0.6 is 0 Å². The molecule has 10 heteroatoms. The molecule has 9 nitrogen and oxygen atoms in total. The monoisotopic (exact) mass is 419 g/mol. The quantitative estimate of drug-likeness (QED) is 0.579. The van der Waals surface area contributed by atoms with Gasteiger partial charge in [-0.05, 0) is 30.3 Å². The van der Waals surface area contributed by atoms with E-state index in [2.05, 4.69) is 10.3 Å². The SMILES string of the molecule is O=C1C(=O)N(CCn2cc(CN3C(=O)C(=O)c4ccccc43)nn2)c2ccc(F)cc21. The van der Waals surface area contributed by atoms with Crippen LogP contribution in [0.4, 0.5) is 15.8 Å². The zero-order valence-electron chi connectivity index (χ0n) is 16.0. The number of Topliss-reactive ketones (excluding diaryl/α,β-unsaturated/α-hetero) is 2. The number of ketones is 2. The Kier molecular flexibility index (Phi) is 4.21. The van der Waals surface area contributed by atoms with Crippen molar-refractivity contribution in [1.29, 1.82) is 0 Å². The van der Waals surface area contributed by atoms with Crippen molar-refractivity contribution < 1.29 is 23.6 Å². The summed E-state index contributed by atoms with van der Waals surface area (Å²) in [5.74, 6) is -3.24. The molecule has 3 aromatic rings. The lowest BCUT2D eigenvalue weighted by Crippen LogP contribution is -2.32. The van der Waals surface area contributed by atoms with Crippen LogP contribution in [0.25, 0.3) is 0 Å². The highest BCUT2D eigenvalue weighted by Gasteiger charge is 2.37. The molecule has 0 radical (unpaired) electrons. The van der Waals surface area contributed by atoms with Gasteiger partial charge in [0, 0.05) is 6.54 Å². The van der Waals surface area contributed by atoms with E-state index in [1.54, 1.807) is 30.5 Å². The van der Waals surface area contributed by atoms with E-state index < -0.39 is 29.2 Å². The van der Waals surface area contributed by atoms with Crippen LogP contribution in [0.2, 0.25) is 0 Å². The lowest BCUT2D eigenvalue weighted by atomic mass is 10.1. The van der Waals surface area contributed by atoms with Gasteiger partial charge in [-0.15, -0.1) is 5.10 Å². The summed E-state index contributed by atoms with van der Waals surface area (Å²) in [7, 11) is 0. The van der Waals surface area contributed by atoms with Crippen LogP contribution in [0.1, 0.15) is 26.4 Å². The molecule has 0 atom stereocenters. The van der Waals surface area contributed by atoms with Gasteiger partial charge >= 0.3 is 0 Å². The number of nitrogens with zero attached hydrogens (tertiary/aromatic N) is 5. The molecular weight excluding hydrogens is 405 g/mol. The summed E-state index contributed by atoms with van der Waals surface area (Å²) in [6, 6.07) is 10.4. The Balaban J connectivity index is 1.30. The molecule has 2 aliphatic heterocycles. The van der Waals surface area contributed by atoms with E-state index in [4.69, 9.17) is 0 Å². The van der Waals surface area contributed by atoms with E-state index in [1.807, 2.05) is 0 Å². The fraction of sp³-hybridized carbons (Fsp3) is 0.143. The maximum Gasteiger partial charge on any atom is 0.299 e. The van der Waals surface area contributed by atoms with E-state index in [9.17, 15) is 23.6 Å². The molecule has 2 amide bonds. The molecule has 3 heterocycles. The van der Waals surface area contributed by atoms with Gasteiger partial charge in [-0.3, -0.25) is 28.8 Å². The topological polar surface area (TPSA) is 105 Å². The van der Waals surface area contributed by atoms with E-state index in [0.29, 0.717) is 22.6 Å². The van der Waals surface area contributed by atoms with E-state index >= 15 is 0 Å². The Hall–Kier alpha value is -4.21. The molecule has 0 fully saturated rings. The van der Waals surface area contributed by atoms with Gasteiger partial charge in [-0.2, -0.15) is 0 Å². The molecule has 5 rings (SSSR count). The van der Waals surface area contributed by atoms with Gasteiger partial charge in [-0.25, -0.2) is 4.39 Å². The molecule has 0 unspecified atom stereocenters. The Morgan fingerprint density at radius 3 is 2.35 bits per heavy atom. The lowest BCUT2D eigenvalue weighted by Gasteiger charge is -2.16. The number of carbonyl (C=O) groups excluding carboxylic acids is 4. The number of aromatic nitrogens is 3. The molecular formula is C21H14FN5O4. The maximum atomic E-state index is 13.4. The van der Waals surface area contributed by atoms with Crippen LogP contribution in [-0.2, 0) is 22.7 Å². The molecule has 2 aromatic carbocycles. The number of hydrogen-bond donors (Lipinski definition) is 0. The molecule has 0 N–H and O–H groups in total. The normalized spacial score (nSPS) is 15.1. The average Bonchev–Trinajstić information content (AvgIpc) is 3.39. The molecule has 31 heavy (non-hydrogen) atoms. The van der Waals surface area contributed by atoms with Gasteiger partial charge in [0.15, 0.2) is 0 Å². The summed E-state index contributed by atoms with van der Waals surface area (Å²) in [6.45, 7) is 0.438. The van der Waals surface area contributed by atoms with E-state index in [1.165, 1.54) is 26.6 Å². The maximum absolute atomic E-state index is 13.4. The fourth-order valence-electron chi connectivity index (χ4n) is 3.78. The van der Waals surface area contributed by atoms with Gasteiger partial charge in [0.1, 0.15) is 11.5 Å². The number of carbonyl (C=O) groups is 4. The second-order valence-electron chi connectivity index (χ2n) is 7.16. The van der Waals surface area contributed by atoms with Crippen LogP contribution in [0.3, 0.4) is 0 Å². The molecule has 1 aromatic heterocycles. The number of anilines is 2. The second kappa shape index (κ2) is 6.94. The zero-order valence-corrected chi connectivity index (χ0v) is 16.0. The molecule has 0 spiro atoms. The first-order valence-corrected chi connectivity index (χ1v) is 9.44. The minimum absolute atomic E-state index is 0.0418. The summed E-state index contributed by atoms with van der Waals surface area (Å²) in [5.41, 5.74) is 1.74. The minimum atomic E-state index is -0.746. The van der Waals surface area contributed by atoms with Crippen LogP contribution in [-0.4, -0.2) is 44.9 Å². The van der Waals surface area contributed by atoms with E-state index in [-0.39, 0.29) is 25.2 Å². The average molecular weight is 419 g/mol. The third-order valence-electron chi connectivity index (χ3n) is 5.27. The number of halogens is 1. The predicted octanol–water partition coefficient (Wildman–Crippen LogP) is 1.38. The van der Waals surface area contributed by atoms with Crippen LogP contribution in [0.5, 0.6) is 0 Å². The smallest absolute Gasteiger partial charge is 0.299 e. The standard InChI is InChI=1S/C21H14FN5O4/c22-12-5-6-17-15(9-12)19(29)20(30)26(17)8-7-25-10-13(23-24-25)11-27-16-4-2-1-3-14(16)18(28)21(27)31/h1-6,9-10H,7-8,11H2. The summed E-state index contributed by atoms with van der Waals surface area (Å²) < 4.78 is 14.9. The second-order valence-corrected chi connectivity index (χ2v) is 7.16. The van der Waals surface area contributed by atoms with Crippen molar-refractivity contribution in [2.45, 2.75) is 13.1 Å². The number of fused-ring (bicyclic) bond motifs is 2. The van der Waals surface area contributed by atoms with Crippen molar-refractivity contribution in [3.63, 3.8) is 0 Å². The first-order valence-electron chi connectivity index (χ1n) is 9.44. The zero-order chi connectivity index (χ0) is 21.7. The summed E-state index contributed by atoms with van der Waals surface area (Å²) >= 11 is 0. The van der Waals surface area contributed by atoms with E-state index in [0.717, 1.165) is 6.07 Å². The molecule has 0 bridgehead atoms.